The Labute approximate surface area is 163 Å². The number of amides is 2. The summed E-state index contributed by atoms with van der Waals surface area (Å²) in [5.74, 6) is 2.38. The molecule has 2 amide bonds. The molecule has 2 saturated heterocycles. The third-order valence-electron chi connectivity index (χ3n) is 5.22. The quantitative estimate of drug-likeness (QED) is 0.645. The van der Waals surface area contributed by atoms with Crippen LogP contribution in [0.15, 0.2) is 0 Å². The van der Waals surface area contributed by atoms with Crippen molar-refractivity contribution in [3.05, 3.63) is 0 Å². The molecule has 0 aromatic carbocycles. The number of hydrogen-bond donors (Lipinski definition) is 1. The third-order valence-corrected chi connectivity index (χ3v) is 5.92. The summed E-state index contributed by atoms with van der Waals surface area (Å²) in [4.78, 5) is 28.5. The highest BCUT2D eigenvalue weighted by molar-refractivity contribution is 7.98. The number of nitrogens with zero attached hydrogens (tertiary/aromatic N) is 2. The number of halogens is 1. The second-order valence-corrected chi connectivity index (χ2v) is 8.45. The van der Waals surface area contributed by atoms with E-state index in [1.54, 1.807) is 4.90 Å². The monoisotopic (exact) mass is 391 g/mol. The summed E-state index contributed by atoms with van der Waals surface area (Å²) in [6.07, 6.45) is 5.91. The van der Waals surface area contributed by atoms with Crippen molar-refractivity contribution in [2.24, 2.45) is 11.8 Å². The Morgan fingerprint density at radius 3 is 2.72 bits per heavy atom. The van der Waals surface area contributed by atoms with E-state index in [1.165, 1.54) is 12.2 Å². The van der Waals surface area contributed by atoms with Crippen molar-refractivity contribution in [1.82, 2.24) is 15.1 Å². The molecule has 2 aliphatic heterocycles. The molecule has 0 spiro atoms. The van der Waals surface area contributed by atoms with Gasteiger partial charge in [0.2, 0.25) is 11.8 Å². The van der Waals surface area contributed by atoms with Crippen LogP contribution in [-0.2, 0) is 9.59 Å². The molecule has 0 bridgehead atoms. The van der Waals surface area contributed by atoms with E-state index in [2.05, 4.69) is 30.3 Å². The first-order valence-corrected chi connectivity index (χ1v) is 10.7. The normalized spacial score (nSPS) is 24.5. The summed E-state index contributed by atoms with van der Waals surface area (Å²) in [7, 11) is 0. The fraction of sp³-hybridized carbons (Fsp3) is 0.889. The van der Waals surface area contributed by atoms with Gasteiger partial charge in [0.25, 0.3) is 0 Å². The lowest BCUT2D eigenvalue weighted by Crippen LogP contribution is -2.48. The van der Waals surface area contributed by atoms with Gasteiger partial charge in [-0.25, -0.2) is 0 Å². The van der Waals surface area contributed by atoms with Crippen molar-refractivity contribution in [3.8, 4) is 0 Å². The number of hydrogen-bond acceptors (Lipinski definition) is 4. The van der Waals surface area contributed by atoms with Gasteiger partial charge in [-0.15, -0.1) is 12.4 Å². The van der Waals surface area contributed by atoms with E-state index in [0.29, 0.717) is 18.3 Å². The molecular formula is C18H34ClN3O2S. The Balaban J connectivity index is 0.00000312. The molecule has 5 nitrogen and oxygen atoms in total. The van der Waals surface area contributed by atoms with Gasteiger partial charge in [0.05, 0.1) is 6.54 Å². The summed E-state index contributed by atoms with van der Waals surface area (Å²) in [6, 6.07) is 0.215. The molecule has 0 aromatic heterocycles. The van der Waals surface area contributed by atoms with Crippen molar-refractivity contribution in [2.45, 2.75) is 45.6 Å². The van der Waals surface area contributed by atoms with Gasteiger partial charge in [0.1, 0.15) is 0 Å². The third kappa shape index (κ3) is 6.99. The molecule has 2 atom stereocenters. The minimum Gasteiger partial charge on any atom is -0.350 e. The van der Waals surface area contributed by atoms with E-state index >= 15 is 0 Å². The molecule has 0 aromatic rings. The molecule has 25 heavy (non-hydrogen) atoms. The van der Waals surface area contributed by atoms with Crippen LogP contribution in [0.4, 0.5) is 0 Å². The molecule has 2 heterocycles. The number of thioether (sulfide) groups is 1. The fourth-order valence-electron chi connectivity index (χ4n) is 3.81. The molecule has 1 N–H and O–H groups in total. The van der Waals surface area contributed by atoms with Crippen LogP contribution in [0, 0.1) is 11.8 Å². The maximum Gasteiger partial charge on any atom is 0.239 e. The van der Waals surface area contributed by atoms with Gasteiger partial charge in [-0.3, -0.25) is 9.59 Å². The highest BCUT2D eigenvalue weighted by Gasteiger charge is 2.35. The SMILES string of the molecule is CSCCCN1C[C@H](NC(=O)CN2CCCCC2=O)[C@@H](C(C)C)C1.Cl. The summed E-state index contributed by atoms with van der Waals surface area (Å²) in [6.45, 7) is 8.56. The van der Waals surface area contributed by atoms with Gasteiger partial charge >= 0.3 is 0 Å². The zero-order valence-corrected chi connectivity index (χ0v) is 17.5. The van der Waals surface area contributed by atoms with E-state index in [-0.39, 0.29) is 36.8 Å². The van der Waals surface area contributed by atoms with Crippen LogP contribution in [0.2, 0.25) is 0 Å². The van der Waals surface area contributed by atoms with Crippen LogP contribution < -0.4 is 5.32 Å². The number of piperidine rings is 1. The van der Waals surface area contributed by atoms with Crippen LogP contribution in [0.1, 0.15) is 39.5 Å². The van der Waals surface area contributed by atoms with Gasteiger partial charge in [0, 0.05) is 32.1 Å². The van der Waals surface area contributed by atoms with Gasteiger partial charge in [-0.1, -0.05) is 13.8 Å². The van der Waals surface area contributed by atoms with Crippen molar-refractivity contribution < 1.29 is 9.59 Å². The van der Waals surface area contributed by atoms with Crippen molar-refractivity contribution in [3.63, 3.8) is 0 Å². The Kier molecular flexibility index (Phi) is 10.2. The Hall–Kier alpha value is -0.460. The molecule has 146 valence electrons. The fourth-order valence-corrected chi connectivity index (χ4v) is 4.23. The predicted molar refractivity (Wildman–Crippen MR) is 107 cm³/mol. The molecule has 0 unspecified atom stereocenters. The smallest absolute Gasteiger partial charge is 0.239 e. The Bertz CT molecular complexity index is 437. The van der Waals surface area contributed by atoms with Crippen molar-refractivity contribution >= 4 is 36.0 Å². The van der Waals surface area contributed by atoms with Crippen LogP contribution in [-0.4, -0.2) is 72.4 Å². The Morgan fingerprint density at radius 1 is 1.32 bits per heavy atom. The zero-order chi connectivity index (χ0) is 17.5. The lowest BCUT2D eigenvalue weighted by atomic mass is 9.91. The summed E-state index contributed by atoms with van der Waals surface area (Å²) >= 11 is 1.89. The first-order valence-electron chi connectivity index (χ1n) is 9.29. The molecule has 0 radical (unpaired) electrons. The average molecular weight is 392 g/mol. The average Bonchev–Trinajstić information content (AvgIpc) is 2.93. The predicted octanol–water partition coefficient (Wildman–Crippen LogP) is 2.25. The van der Waals surface area contributed by atoms with Crippen LogP contribution in [0.3, 0.4) is 0 Å². The number of carbonyl (C=O) groups excluding carboxylic acids is 2. The van der Waals surface area contributed by atoms with Gasteiger partial charge in [0.15, 0.2) is 0 Å². The number of rotatable bonds is 8. The van der Waals surface area contributed by atoms with Crippen LogP contribution in [0.5, 0.6) is 0 Å². The van der Waals surface area contributed by atoms with Gasteiger partial charge in [-0.05, 0) is 49.7 Å². The molecule has 7 heteroatoms. The maximum atomic E-state index is 12.4. The number of likely N-dealkylation sites (tertiary alicyclic amines) is 2. The summed E-state index contributed by atoms with van der Waals surface area (Å²) in [5.41, 5.74) is 0. The minimum atomic E-state index is 0. The topological polar surface area (TPSA) is 52.7 Å². The molecule has 0 aliphatic carbocycles. The standard InChI is InChI=1S/C18H33N3O2S.ClH/c1-14(2)15-11-20(8-6-10-24-3)12-16(15)19-17(22)13-21-9-5-4-7-18(21)23;/h14-16H,4-13H2,1-3H3,(H,19,22);1H/t15-,16+;/m1./s1. The van der Waals surface area contributed by atoms with Gasteiger partial charge < -0.3 is 15.1 Å². The molecule has 2 rings (SSSR count). The largest absolute Gasteiger partial charge is 0.350 e. The highest BCUT2D eigenvalue weighted by atomic mass is 35.5. The summed E-state index contributed by atoms with van der Waals surface area (Å²) < 4.78 is 0. The molecule has 0 saturated carbocycles. The number of nitrogens with one attached hydrogen (secondary N) is 1. The summed E-state index contributed by atoms with van der Waals surface area (Å²) in [5, 5.41) is 3.22. The van der Waals surface area contributed by atoms with E-state index in [4.69, 9.17) is 0 Å². The van der Waals surface area contributed by atoms with Gasteiger partial charge in [-0.2, -0.15) is 11.8 Å². The second-order valence-electron chi connectivity index (χ2n) is 7.46. The lowest BCUT2D eigenvalue weighted by Gasteiger charge is -2.28. The maximum absolute atomic E-state index is 12.4. The highest BCUT2D eigenvalue weighted by Crippen LogP contribution is 2.24. The van der Waals surface area contributed by atoms with Crippen LogP contribution in [0.25, 0.3) is 0 Å². The first kappa shape index (κ1) is 22.6. The van der Waals surface area contributed by atoms with Crippen molar-refractivity contribution in [1.29, 1.82) is 0 Å². The molecule has 2 aliphatic rings. The molecular weight excluding hydrogens is 358 g/mol. The Morgan fingerprint density at radius 2 is 2.08 bits per heavy atom. The first-order chi connectivity index (χ1) is 11.5. The second kappa shape index (κ2) is 11.3. The van der Waals surface area contributed by atoms with E-state index in [9.17, 15) is 9.59 Å². The van der Waals surface area contributed by atoms with Crippen LogP contribution >= 0.6 is 24.2 Å². The zero-order valence-electron chi connectivity index (χ0n) is 15.8. The lowest BCUT2D eigenvalue weighted by molar-refractivity contribution is -0.138. The van der Waals surface area contributed by atoms with E-state index < -0.39 is 0 Å². The van der Waals surface area contributed by atoms with E-state index in [0.717, 1.165) is 39.0 Å². The minimum absolute atomic E-state index is 0. The van der Waals surface area contributed by atoms with Crippen molar-refractivity contribution in [2.75, 3.05) is 44.7 Å². The number of carbonyl (C=O) groups is 2. The molecule has 2 fully saturated rings. The van der Waals surface area contributed by atoms with E-state index in [1.807, 2.05) is 11.8 Å².